The Kier molecular flexibility index (Phi) is 5.33. The number of aliphatic imine (C=N–C) groups is 1. The minimum absolute atomic E-state index is 0.0138. The number of anilines is 2. The fourth-order valence-corrected chi connectivity index (χ4v) is 3.06. The summed E-state index contributed by atoms with van der Waals surface area (Å²) in [5.74, 6) is 0.0577. The van der Waals surface area contributed by atoms with Gasteiger partial charge in [0.2, 0.25) is 5.91 Å². The van der Waals surface area contributed by atoms with Gasteiger partial charge in [-0.1, -0.05) is 25.1 Å². The first-order chi connectivity index (χ1) is 12.1. The van der Waals surface area contributed by atoms with E-state index >= 15 is 0 Å². The van der Waals surface area contributed by atoms with Crippen LogP contribution in [0.4, 0.5) is 11.4 Å². The third kappa shape index (κ3) is 4.59. The molecule has 0 bridgehead atoms. The number of amides is 1. The average Bonchev–Trinajstić information content (AvgIpc) is 3.08. The summed E-state index contributed by atoms with van der Waals surface area (Å²) in [6.07, 6.45) is 4.40. The van der Waals surface area contributed by atoms with Gasteiger partial charge in [-0.15, -0.1) is 0 Å². The maximum absolute atomic E-state index is 12.0. The molecule has 0 atom stereocenters. The van der Waals surface area contributed by atoms with Gasteiger partial charge in [0, 0.05) is 11.4 Å². The summed E-state index contributed by atoms with van der Waals surface area (Å²) in [7, 11) is 0. The van der Waals surface area contributed by atoms with Crippen LogP contribution in [0.15, 0.2) is 47.5 Å². The molecule has 4 N–H and O–H groups in total. The highest BCUT2D eigenvalue weighted by Gasteiger charge is 2.11. The van der Waals surface area contributed by atoms with E-state index in [4.69, 9.17) is 5.73 Å². The molecule has 1 amide bonds. The Morgan fingerprint density at radius 3 is 2.72 bits per heavy atom. The van der Waals surface area contributed by atoms with Crippen molar-refractivity contribution in [2.45, 2.75) is 32.6 Å². The molecule has 0 saturated carbocycles. The largest absolute Gasteiger partial charge is 0.370 e. The minimum atomic E-state index is -0.188. The zero-order valence-electron chi connectivity index (χ0n) is 14.5. The average molecular weight is 336 g/mol. The van der Waals surface area contributed by atoms with Gasteiger partial charge in [0.25, 0.3) is 0 Å². The van der Waals surface area contributed by atoms with Crippen LogP contribution in [0.1, 0.15) is 30.0 Å². The molecule has 2 aromatic carbocycles. The van der Waals surface area contributed by atoms with Crippen molar-refractivity contribution in [1.82, 2.24) is 0 Å². The number of aryl methyl sites for hydroxylation is 3. The smallest absolute Gasteiger partial charge is 0.246 e. The van der Waals surface area contributed by atoms with Crippen molar-refractivity contribution < 1.29 is 4.79 Å². The molecule has 1 aliphatic carbocycles. The second-order valence-corrected chi connectivity index (χ2v) is 6.27. The van der Waals surface area contributed by atoms with E-state index in [0.29, 0.717) is 0 Å². The van der Waals surface area contributed by atoms with Crippen LogP contribution in [0.2, 0.25) is 0 Å². The number of benzene rings is 2. The van der Waals surface area contributed by atoms with Crippen molar-refractivity contribution in [1.29, 1.82) is 0 Å². The fourth-order valence-electron chi connectivity index (χ4n) is 3.06. The zero-order chi connectivity index (χ0) is 17.6. The summed E-state index contributed by atoms with van der Waals surface area (Å²) in [5, 5.41) is 5.90. The number of guanidine groups is 1. The molecule has 0 spiro atoms. The standard InChI is InChI=1S/C20H24N4O/c1-2-14-5-3-8-17(11-14)23-19(25)13-22-20(21)24-18-10-9-15-6-4-7-16(15)12-18/h3,5,8-12H,2,4,6-7,13H2,1H3,(H,23,25)(H3,21,22,24). The molecule has 0 unspecified atom stereocenters. The molecule has 130 valence electrons. The van der Waals surface area contributed by atoms with Crippen molar-refractivity contribution >= 4 is 23.2 Å². The highest BCUT2D eigenvalue weighted by Crippen LogP contribution is 2.24. The lowest BCUT2D eigenvalue weighted by atomic mass is 10.1. The first-order valence-electron chi connectivity index (χ1n) is 8.71. The number of rotatable bonds is 5. The lowest BCUT2D eigenvalue weighted by Gasteiger charge is -2.08. The van der Waals surface area contributed by atoms with E-state index in [0.717, 1.165) is 30.6 Å². The number of nitrogens with one attached hydrogen (secondary N) is 2. The summed E-state index contributed by atoms with van der Waals surface area (Å²) in [6, 6.07) is 14.0. The Labute approximate surface area is 148 Å². The van der Waals surface area contributed by atoms with Gasteiger partial charge >= 0.3 is 0 Å². The first-order valence-corrected chi connectivity index (χ1v) is 8.71. The summed E-state index contributed by atoms with van der Waals surface area (Å²) in [6.45, 7) is 2.07. The number of hydrogen-bond donors (Lipinski definition) is 3. The summed E-state index contributed by atoms with van der Waals surface area (Å²) in [5.41, 5.74) is 11.6. The molecule has 0 radical (unpaired) electrons. The topological polar surface area (TPSA) is 79.5 Å². The van der Waals surface area contributed by atoms with Gasteiger partial charge in [0.1, 0.15) is 6.54 Å². The van der Waals surface area contributed by atoms with E-state index < -0.39 is 0 Å². The molecule has 0 aromatic heterocycles. The van der Waals surface area contributed by atoms with E-state index in [1.54, 1.807) is 0 Å². The third-order valence-corrected chi connectivity index (χ3v) is 4.38. The molecular weight excluding hydrogens is 312 g/mol. The third-order valence-electron chi connectivity index (χ3n) is 4.38. The van der Waals surface area contributed by atoms with Crippen LogP contribution >= 0.6 is 0 Å². The number of fused-ring (bicyclic) bond motifs is 1. The van der Waals surface area contributed by atoms with Gasteiger partial charge in [-0.2, -0.15) is 0 Å². The van der Waals surface area contributed by atoms with Crippen LogP contribution in [0, 0.1) is 0 Å². The first kappa shape index (κ1) is 17.0. The molecule has 5 heteroatoms. The molecule has 1 aliphatic rings. The minimum Gasteiger partial charge on any atom is -0.370 e. The summed E-state index contributed by atoms with van der Waals surface area (Å²) < 4.78 is 0. The van der Waals surface area contributed by atoms with Crippen molar-refractivity contribution in [2.75, 3.05) is 17.2 Å². The van der Waals surface area contributed by atoms with Gasteiger partial charge < -0.3 is 16.4 Å². The van der Waals surface area contributed by atoms with E-state index in [-0.39, 0.29) is 18.4 Å². The predicted octanol–water partition coefficient (Wildman–Crippen LogP) is 3.10. The van der Waals surface area contributed by atoms with E-state index in [1.807, 2.05) is 30.3 Å². The Bertz CT molecular complexity index is 798. The maximum Gasteiger partial charge on any atom is 0.246 e. The second kappa shape index (κ2) is 7.83. The molecular formula is C20H24N4O. The van der Waals surface area contributed by atoms with Crippen molar-refractivity contribution in [3.63, 3.8) is 0 Å². The molecule has 0 fully saturated rings. The van der Waals surface area contributed by atoms with Gasteiger partial charge in [-0.25, -0.2) is 4.99 Å². The second-order valence-electron chi connectivity index (χ2n) is 6.27. The highest BCUT2D eigenvalue weighted by atomic mass is 16.1. The van der Waals surface area contributed by atoms with Crippen molar-refractivity contribution in [3.05, 3.63) is 59.2 Å². The van der Waals surface area contributed by atoms with E-state index in [2.05, 4.69) is 34.7 Å². The van der Waals surface area contributed by atoms with E-state index in [1.165, 1.54) is 23.1 Å². The molecule has 0 heterocycles. The zero-order valence-corrected chi connectivity index (χ0v) is 14.5. The lowest BCUT2D eigenvalue weighted by Crippen LogP contribution is -2.25. The molecule has 0 saturated heterocycles. The Morgan fingerprint density at radius 1 is 1.08 bits per heavy atom. The Hall–Kier alpha value is -2.82. The van der Waals surface area contributed by atoms with Gasteiger partial charge in [-0.3, -0.25) is 4.79 Å². The van der Waals surface area contributed by atoms with Crippen LogP contribution in [0.3, 0.4) is 0 Å². The predicted molar refractivity (Wildman–Crippen MR) is 103 cm³/mol. The summed E-state index contributed by atoms with van der Waals surface area (Å²) >= 11 is 0. The number of nitrogens with zero attached hydrogens (tertiary/aromatic N) is 1. The molecule has 5 nitrogen and oxygen atoms in total. The maximum atomic E-state index is 12.0. The Balaban J connectivity index is 1.54. The van der Waals surface area contributed by atoms with Crippen LogP contribution < -0.4 is 16.4 Å². The quantitative estimate of drug-likeness (QED) is 0.580. The van der Waals surface area contributed by atoms with Crippen molar-refractivity contribution in [3.8, 4) is 0 Å². The molecule has 2 aromatic rings. The fraction of sp³-hybridized carbons (Fsp3) is 0.300. The number of carbonyl (C=O) groups is 1. The summed E-state index contributed by atoms with van der Waals surface area (Å²) in [4.78, 5) is 16.1. The number of hydrogen-bond acceptors (Lipinski definition) is 2. The van der Waals surface area contributed by atoms with Crippen LogP contribution in [0.25, 0.3) is 0 Å². The molecule has 0 aliphatic heterocycles. The van der Waals surface area contributed by atoms with E-state index in [9.17, 15) is 4.79 Å². The van der Waals surface area contributed by atoms with Crippen LogP contribution in [-0.2, 0) is 24.1 Å². The van der Waals surface area contributed by atoms with Gasteiger partial charge in [0.15, 0.2) is 5.96 Å². The van der Waals surface area contributed by atoms with Gasteiger partial charge in [0.05, 0.1) is 0 Å². The normalized spacial score (nSPS) is 13.4. The van der Waals surface area contributed by atoms with Crippen LogP contribution in [0.5, 0.6) is 0 Å². The lowest BCUT2D eigenvalue weighted by molar-refractivity contribution is -0.114. The van der Waals surface area contributed by atoms with Gasteiger partial charge in [-0.05, 0) is 66.6 Å². The highest BCUT2D eigenvalue weighted by molar-refractivity contribution is 5.97. The number of nitrogens with two attached hydrogens (primary N) is 1. The van der Waals surface area contributed by atoms with Crippen molar-refractivity contribution in [2.24, 2.45) is 10.7 Å². The monoisotopic (exact) mass is 336 g/mol. The molecule has 25 heavy (non-hydrogen) atoms. The molecule has 3 rings (SSSR count). The Morgan fingerprint density at radius 2 is 1.88 bits per heavy atom. The SMILES string of the molecule is CCc1cccc(NC(=O)CN=C(N)Nc2ccc3c(c2)CCC3)c1. The van der Waals surface area contributed by atoms with Crippen LogP contribution in [-0.4, -0.2) is 18.4 Å². The number of carbonyl (C=O) groups excluding carboxylic acids is 1.